The zero-order valence-electron chi connectivity index (χ0n) is 46.5. The normalized spacial score (nSPS) is 9.34. The van der Waals surface area contributed by atoms with Crippen LogP contribution in [0.3, 0.4) is 0 Å². The molecule has 2 nitrogen and oxygen atoms in total. The lowest BCUT2D eigenvalue weighted by molar-refractivity contribution is 0.437. The topological polar surface area (TPSA) is 25.8 Å². The highest BCUT2D eigenvalue weighted by molar-refractivity contribution is 5.61. The molecular weight excluding hydrogens is 751 g/mol. The van der Waals surface area contributed by atoms with Gasteiger partial charge in [0.25, 0.3) is 0 Å². The summed E-state index contributed by atoms with van der Waals surface area (Å²) in [6.45, 7) is 61.0. The molecule has 364 valence electrons. The van der Waals surface area contributed by atoms with E-state index in [9.17, 15) is 8.78 Å². The van der Waals surface area contributed by atoms with Crippen molar-refractivity contribution in [1.29, 1.82) is 0 Å². The molecule has 1 aromatic heterocycles. The van der Waals surface area contributed by atoms with Gasteiger partial charge in [-0.2, -0.15) is 0 Å². The second-order valence-electron chi connectivity index (χ2n) is 15.1. The molecule has 2 aromatic rings. The van der Waals surface area contributed by atoms with Crippen LogP contribution in [0.1, 0.15) is 247 Å². The molecule has 0 aliphatic carbocycles. The van der Waals surface area contributed by atoms with Gasteiger partial charge in [-0.05, 0) is 90.0 Å². The van der Waals surface area contributed by atoms with Gasteiger partial charge in [-0.1, -0.05) is 237 Å². The Bertz CT molecular complexity index is 1160. The maximum Gasteiger partial charge on any atom is 0.167 e. The van der Waals surface area contributed by atoms with Crippen LogP contribution in [-0.4, -0.2) is 9.97 Å². The number of allylic oxidation sites excluding steroid dienone is 6. The molecule has 0 radical (unpaired) electrons. The Balaban J connectivity index is -0.0000000797. The minimum Gasteiger partial charge on any atom is -0.239 e. The lowest BCUT2D eigenvalue weighted by Gasteiger charge is -2.15. The van der Waals surface area contributed by atoms with Gasteiger partial charge in [0.2, 0.25) is 0 Å². The Hall–Kier alpha value is -2.88. The predicted octanol–water partition coefficient (Wildman–Crippen LogP) is 21.8. The van der Waals surface area contributed by atoms with Gasteiger partial charge in [-0.3, -0.25) is 0 Å². The number of benzene rings is 1. The fraction of sp³-hybridized carbons (Fsp3) is 0.684. The summed E-state index contributed by atoms with van der Waals surface area (Å²) in [5.41, 5.74) is 5.82. The number of unbranched alkanes of at least 4 members (excludes halogenated alkanes) is 2. The molecule has 0 N–H and O–H groups in total. The highest BCUT2D eigenvalue weighted by atomic mass is 19.1. The summed E-state index contributed by atoms with van der Waals surface area (Å²) < 4.78 is 27.2. The van der Waals surface area contributed by atoms with Crippen molar-refractivity contribution in [2.24, 2.45) is 11.8 Å². The van der Waals surface area contributed by atoms with Crippen molar-refractivity contribution in [3.63, 3.8) is 0 Å². The first kappa shape index (κ1) is 78.6. The standard InChI is InChI=1S/C16H28.C13H12F2N2.C4H10.C4H8.2C4H10.2C3H8.3C2H6/c1-6-9-16(10-7-2)13-15(5)12-11-14(4)8-3;1-7-4-10(5-11(14)8(7)2)13-12(15)6-16-9(3)17-13;2*1-4(2)3;2*1-3-4-2;2*1-3-2;3*1-2/h8,11-12,16H,3,6-7,9-10,13H2,1-2,4-5H3;4-6H,1-3H3;4H,1-3H3;1H2,2-3H3;2*3-4H2,1-2H3;2*3H2,1-2H3;3*1-2H3/b14-11-,15-12+;;;;;;;;;;. The number of aryl methyl sites for hydroxylation is 2. The number of hydrogen-bond donors (Lipinski definition) is 0. The average molecular weight is 864 g/mol. The van der Waals surface area contributed by atoms with Crippen LogP contribution in [0.4, 0.5) is 8.78 Å². The van der Waals surface area contributed by atoms with Gasteiger partial charge in [0.05, 0.1) is 6.20 Å². The minimum absolute atomic E-state index is 0.138. The van der Waals surface area contributed by atoms with Gasteiger partial charge in [0.15, 0.2) is 5.82 Å². The van der Waals surface area contributed by atoms with E-state index in [0.29, 0.717) is 17.0 Å². The summed E-state index contributed by atoms with van der Waals surface area (Å²) >= 11 is 0. The Kier molecular flexibility index (Phi) is 85.3. The van der Waals surface area contributed by atoms with Gasteiger partial charge in [-0.25, -0.2) is 18.7 Å². The van der Waals surface area contributed by atoms with Crippen LogP contribution in [0, 0.1) is 44.2 Å². The molecule has 0 aliphatic rings. The lowest BCUT2D eigenvalue weighted by Crippen LogP contribution is -2.00. The van der Waals surface area contributed by atoms with Gasteiger partial charge in [0, 0.05) is 5.56 Å². The summed E-state index contributed by atoms with van der Waals surface area (Å²) in [6.07, 6.45) is 21.8. The summed E-state index contributed by atoms with van der Waals surface area (Å²) in [4.78, 5) is 7.75. The summed E-state index contributed by atoms with van der Waals surface area (Å²) in [7, 11) is 0. The lowest BCUT2D eigenvalue weighted by atomic mass is 9.91. The summed E-state index contributed by atoms with van der Waals surface area (Å²) in [6, 6.07) is 3.02. The molecule has 0 aliphatic heterocycles. The zero-order valence-corrected chi connectivity index (χ0v) is 46.5. The van der Waals surface area contributed by atoms with Crippen LogP contribution >= 0.6 is 0 Å². The molecule has 2 rings (SSSR count). The average Bonchev–Trinajstić information content (AvgIpc) is 3.22. The number of hydrogen-bond acceptors (Lipinski definition) is 2. The molecule has 0 bridgehead atoms. The fourth-order valence-corrected chi connectivity index (χ4v) is 3.64. The Labute approximate surface area is 386 Å². The van der Waals surface area contributed by atoms with Crippen molar-refractivity contribution in [1.82, 2.24) is 9.97 Å². The fourth-order valence-electron chi connectivity index (χ4n) is 3.64. The van der Waals surface area contributed by atoms with Gasteiger partial charge < -0.3 is 0 Å². The van der Waals surface area contributed by atoms with Crippen LogP contribution < -0.4 is 0 Å². The van der Waals surface area contributed by atoms with Crippen LogP contribution in [0.25, 0.3) is 11.3 Å². The molecule has 0 amide bonds. The van der Waals surface area contributed by atoms with Gasteiger partial charge >= 0.3 is 0 Å². The van der Waals surface area contributed by atoms with Crippen molar-refractivity contribution in [2.75, 3.05) is 0 Å². The first-order valence-corrected chi connectivity index (χ1v) is 24.6. The van der Waals surface area contributed by atoms with Gasteiger partial charge in [-0.15, -0.1) is 6.58 Å². The van der Waals surface area contributed by atoms with Crippen molar-refractivity contribution >= 4 is 0 Å². The Morgan fingerprint density at radius 1 is 0.639 bits per heavy atom. The summed E-state index contributed by atoms with van der Waals surface area (Å²) in [5.74, 6) is 1.28. The van der Waals surface area contributed by atoms with E-state index < -0.39 is 5.82 Å². The first-order valence-electron chi connectivity index (χ1n) is 24.6. The van der Waals surface area contributed by atoms with Crippen LogP contribution in [-0.2, 0) is 0 Å². The molecule has 61 heavy (non-hydrogen) atoms. The van der Waals surface area contributed by atoms with Crippen molar-refractivity contribution < 1.29 is 8.78 Å². The number of nitrogens with zero attached hydrogens (tertiary/aromatic N) is 2. The van der Waals surface area contributed by atoms with Crippen LogP contribution in [0.15, 0.2) is 66.4 Å². The second-order valence-corrected chi connectivity index (χ2v) is 15.1. The van der Waals surface area contributed by atoms with Gasteiger partial charge in [0.1, 0.15) is 17.3 Å². The molecule has 0 saturated heterocycles. The van der Waals surface area contributed by atoms with E-state index in [-0.39, 0.29) is 11.5 Å². The predicted molar refractivity (Wildman–Crippen MR) is 285 cm³/mol. The Morgan fingerprint density at radius 3 is 1.30 bits per heavy atom. The molecule has 0 unspecified atom stereocenters. The third-order valence-corrected chi connectivity index (χ3v) is 6.70. The van der Waals surface area contributed by atoms with E-state index in [4.69, 9.17) is 0 Å². The van der Waals surface area contributed by atoms with E-state index in [1.54, 1.807) is 26.8 Å². The smallest absolute Gasteiger partial charge is 0.167 e. The van der Waals surface area contributed by atoms with E-state index in [1.807, 2.05) is 61.5 Å². The van der Waals surface area contributed by atoms with E-state index in [0.717, 1.165) is 23.6 Å². The molecule has 1 heterocycles. The highest BCUT2D eigenvalue weighted by Gasteiger charge is 2.12. The molecule has 0 spiro atoms. The first-order chi connectivity index (χ1) is 28.7. The third-order valence-electron chi connectivity index (χ3n) is 6.70. The van der Waals surface area contributed by atoms with Crippen molar-refractivity contribution in [3.05, 3.63) is 95.0 Å². The Morgan fingerprint density at radius 2 is 1.00 bits per heavy atom. The summed E-state index contributed by atoms with van der Waals surface area (Å²) in [5, 5.41) is 0. The quantitative estimate of drug-likeness (QED) is 0.166. The maximum atomic E-state index is 13.6. The second kappa shape index (κ2) is 66.2. The van der Waals surface area contributed by atoms with Crippen LogP contribution in [0.5, 0.6) is 0 Å². The van der Waals surface area contributed by atoms with E-state index in [2.05, 4.69) is 139 Å². The molecule has 1 aromatic carbocycles. The largest absolute Gasteiger partial charge is 0.239 e. The zero-order chi connectivity index (χ0) is 50.4. The molecule has 0 saturated carbocycles. The highest BCUT2D eigenvalue weighted by Crippen LogP contribution is 2.25. The minimum atomic E-state index is -0.543. The number of aromatic nitrogens is 2. The molecular formula is C57H112F2N2. The monoisotopic (exact) mass is 863 g/mol. The third kappa shape index (κ3) is 71.9. The number of rotatable bonds is 11. The molecule has 4 heteroatoms. The molecule has 0 atom stereocenters. The van der Waals surface area contributed by atoms with E-state index >= 15 is 0 Å². The van der Waals surface area contributed by atoms with E-state index in [1.165, 1.54) is 93.4 Å². The SMILES string of the molecule is C=C(C)C.C=C/C(C)=C\C=C(/C)CC(CCC)CCC.CC.CC.CC.CC(C)C.CCC.CCC.CCCC.CCCC.Cc1ncc(F)c(-c2cc(C)c(C)c(F)c2)n1. The van der Waals surface area contributed by atoms with Crippen molar-refractivity contribution in [2.45, 2.75) is 251 Å². The van der Waals surface area contributed by atoms with Crippen molar-refractivity contribution in [3.8, 4) is 11.3 Å². The van der Waals surface area contributed by atoms with Crippen LogP contribution in [0.2, 0.25) is 0 Å². The maximum absolute atomic E-state index is 13.6. The molecule has 0 fully saturated rings. The number of halogens is 2.